The lowest BCUT2D eigenvalue weighted by Gasteiger charge is -2.11. The zero-order valence-electron chi connectivity index (χ0n) is 10.4. The molecule has 1 aromatic heterocycles. The Kier molecular flexibility index (Phi) is 4.78. The van der Waals surface area contributed by atoms with E-state index in [9.17, 15) is 0 Å². The maximum Gasteiger partial charge on any atom is 0.170 e. The van der Waals surface area contributed by atoms with Crippen molar-refractivity contribution in [1.82, 2.24) is 25.5 Å². The highest BCUT2D eigenvalue weighted by Gasteiger charge is 2.15. The molecule has 8 heteroatoms. The molecule has 0 saturated heterocycles. The van der Waals surface area contributed by atoms with Crippen molar-refractivity contribution in [2.24, 2.45) is 0 Å². The number of tetrazole rings is 1. The fraction of sp³-hybridized carbons (Fsp3) is 0.364. The smallest absolute Gasteiger partial charge is 0.170 e. The fourth-order valence-electron chi connectivity index (χ4n) is 1.52. The first-order chi connectivity index (χ1) is 8.99. The maximum atomic E-state index is 6.21. The van der Waals surface area contributed by atoms with Gasteiger partial charge in [0, 0.05) is 10.5 Å². The number of halogens is 3. The van der Waals surface area contributed by atoms with Gasteiger partial charge in [0.15, 0.2) is 5.82 Å². The van der Waals surface area contributed by atoms with Gasteiger partial charge in [0.1, 0.15) is 5.69 Å². The first-order valence-electron chi connectivity index (χ1n) is 5.64. The van der Waals surface area contributed by atoms with Gasteiger partial charge in [0.25, 0.3) is 0 Å². The highest BCUT2D eigenvalue weighted by atomic mass is 79.9. The molecule has 19 heavy (non-hydrogen) atoms. The SMILES string of the molecule is CC(C)NCc1nnnn1-c1c(Cl)cc(Br)cc1Cl. The normalized spacial score (nSPS) is 11.3. The average molecular weight is 365 g/mol. The lowest BCUT2D eigenvalue weighted by Crippen LogP contribution is -2.24. The molecule has 0 spiro atoms. The lowest BCUT2D eigenvalue weighted by atomic mass is 10.3. The van der Waals surface area contributed by atoms with E-state index in [0.29, 0.717) is 34.1 Å². The molecule has 102 valence electrons. The van der Waals surface area contributed by atoms with Gasteiger partial charge in [-0.15, -0.1) is 5.10 Å². The molecule has 0 amide bonds. The van der Waals surface area contributed by atoms with Crippen molar-refractivity contribution in [2.45, 2.75) is 26.4 Å². The summed E-state index contributed by atoms with van der Waals surface area (Å²) >= 11 is 15.8. The van der Waals surface area contributed by atoms with E-state index in [1.54, 1.807) is 16.8 Å². The number of nitrogens with zero attached hydrogens (tertiary/aromatic N) is 4. The van der Waals surface area contributed by atoms with Crippen LogP contribution in [-0.4, -0.2) is 26.2 Å². The molecule has 0 unspecified atom stereocenters. The number of aromatic nitrogens is 4. The van der Waals surface area contributed by atoms with Crippen molar-refractivity contribution < 1.29 is 0 Å². The Bertz CT molecular complexity index is 561. The second kappa shape index (κ2) is 6.17. The van der Waals surface area contributed by atoms with Gasteiger partial charge < -0.3 is 5.32 Å². The number of hydrogen-bond acceptors (Lipinski definition) is 4. The van der Waals surface area contributed by atoms with Crippen molar-refractivity contribution in [2.75, 3.05) is 0 Å². The van der Waals surface area contributed by atoms with Gasteiger partial charge in [0.05, 0.1) is 16.6 Å². The summed E-state index contributed by atoms with van der Waals surface area (Å²) < 4.78 is 2.35. The molecule has 5 nitrogen and oxygen atoms in total. The molecular weight excluding hydrogens is 353 g/mol. The van der Waals surface area contributed by atoms with E-state index in [4.69, 9.17) is 23.2 Å². The monoisotopic (exact) mass is 363 g/mol. The number of nitrogens with one attached hydrogen (secondary N) is 1. The molecule has 0 radical (unpaired) electrons. The molecular formula is C11H12BrCl2N5. The Hall–Kier alpha value is -0.690. The average Bonchev–Trinajstić information content (AvgIpc) is 2.73. The van der Waals surface area contributed by atoms with E-state index >= 15 is 0 Å². The van der Waals surface area contributed by atoms with Crippen LogP contribution in [0.5, 0.6) is 0 Å². The summed E-state index contributed by atoms with van der Waals surface area (Å²) in [6, 6.07) is 3.84. The first-order valence-corrected chi connectivity index (χ1v) is 7.19. The third kappa shape index (κ3) is 3.45. The fourth-order valence-corrected chi connectivity index (χ4v) is 2.89. The van der Waals surface area contributed by atoms with Gasteiger partial charge in [0.2, 0.25) is 0 Å². The summed E-state index contributed by atoms with van der Waals surface area (Å²) in [6.07, 6.45) is 0. The standard InChI is InChI=1S/C11H12BrCl2N5/c1-6(2)15-5-10-16-17-18-19(10)11-8(13)3-7(12)4-9(11)14/h3-4,6,15H,5H2,1-2H3. The predicted molar refractivity (Wildman–Crippen MR) is 78.8 cm³/mol. The largest absolute Gasteiger partial charge is 0.308 e. The molecule has 1 heterocycles. The summed E-state index contributed by atoms with van der Waals surface area (Å²) in [7, 11) is 0. The van der Waals surface area contributed by atoms with Crippen molar-refractivity contribution in [3.05, 3.63) is 32.5 Å². The zero-order chi connectivity index (χ0) is 14.0. The van der Waals surface area contributed by atoms with E-state index in [-0.39, 0.29) is 0 Å². The molecule has 0 bridgehead atoms. The van der Waals surface area contributed by atoms with Gasteiger partial charge >= 0.3 is 0 Å². The Balaban J connectivity index is 2.40. The third-order valence-electron chi connectivity index (χ3n) is 2.40. The molecule has 0 atom stereocenters. The molecule has 2 aromatic rings. The second-order valence-electron chi connectivity index (χ2n) is 4.26. The molecule has 1 aromatic carbocycles. The van der Waals surface area contributed by atoms with Crippen LogP contribution in [0.1, 0.15) is 19.7 Å². The Morgan fingerprint density at radius 3 is 2.53 bits per heavy atom. The van der Waals surface area contributed by atoms with Crippen molar-refractivity contribution in [3.63, 3.8) is 0 Å². The molecule has 0 aliphatic carbocycles. The number of benzene rings is 1. The van der Waals surface area contributed by atoms with Crippen LogP contribution in [0.2, 0.25) is 10.0 Å². The number of rotatable bonds is 4. The molecule has 0 aliphatic heterocycles. The summed E-state index contributed by atoms with van der Waals surface area (Å²) in [5.41, 5.74) is 0.581. The predicted octanol–water partition coefficient (Wildman–Crippen LogP) is 3.23. The zero-order valence-corrected chi connectivity index (χ0v) is 13.5. The van der Waals surface area contributed by atoms with E-state index in [0.717, 1.165) is 4.47 Å². The topological polar surface area (TPSA) is 55.6 Å². The van der Waals surface area contributed by atoms with E-state index in [1.165, 1.54) is 0 Å². The minimum Gasteiger partial charge on any atom is -0.308 e. The molecule has 0 saturated carbocycles. The van der Waals surface area contributed by atoms with Crippen LogP contribution in [0.25, 0.3) is 5.69 Å². The van der Waals surface area contributed by atoms with E-state index in [1.807, 2.05) is 13.8 Å². The van der Waals surface area contributed by atoms with Crippen LogP contribution in [0.4, 0.5) is 0 Å². The number of hydrogen-bond donors (Lipinski definition) is 1. The molecule has 0 fully saturated rings. The van der Waals surface area contributed by atoms with Crippen molar-refractivity contribution >= 4 is 39.1 Å². The Labute approximate surface area is 129 Å². The van der Waals surface area contributed by atoms with E-state index < -0.39 is 0 Å². The minimum absolute atomic E-state index is 0.334. The Morgan fingerprint density at radius 2 is 1.95 bits per heavy atom. The highest BCUT2D eigenvalue weighted by Crippen LogP contribution is 2.32. The van der Waals surface area contributed by atoms with Crippen LogP contribution in [0.3, 0.4) is 0 Å². The summed E-state index contributed by atoms with van der Waals surface area (Å²) in [5.74, 6) is 0.653. The van der Waals surface area contributed by atoms with Crippen molar-refractivity contribution in [1.29, 1.82) is 0 Å². The highest BCUT2D eigenvalue weighted by molar-refractivity contribution is 9.10. The lowest BCUT2D eigenvalue weighted by molar-refractivity contribution is 0.563. The van der Waals surface area contributed by atoms with Gasteiger partial charge in [-0.1, -0.05) is 53.0 Å². The van der Waals surface area contributed by atoms with Crippen LogP contribution in [0.15, 0.2) is 16.6 Å². The third-order valence-corrected chi connectivity index (χ3v) is 3.43. The summed E-state index contributed by atoms with van der Waals surface area (Å²) in [4.78, 5) is 0. The van der Waals surface area contributed by atoms with Gasteiger partial charge in [-0.3, -0.25) is 0 Å². The molecule has 1 N–H and O–H groups in total. The van der Waals surface area contributed by atoms with Gasteiger partial charge in [-0.05, 0) is 22.6 Å². The Morgan fingerprint density at radius 1 is 1.32 bits per heavy atom. The summed E-state index contributed by atoms with van der Waals surface area (Å²) in [6.45, 7) is 4.63. The van der Waals surface area contributed by atoms with E-state index in [2.05, 4.69) is 36.8 Å². The van der Waals surface area contributed by atoms with Crippen LogP contribution in [0, 0.1) is 0 Å². The molecule has 2 rings (SSSR count). The van der Waals surface area contributed by atoms with Gasteiger partial charge in [-0.2, -0.15) is 4.68 Å². The minimum atomic E-state index is 0.334. The van der Waals surface area contributed by atoms with Crippen LogP contribution < -0.4 is 5.32 Å². The maximum absolute atomic E-state index is 6.21. The van der Waals surface area contributed by atoms with Crippen molar-refractivity contribution in [3.8, 4) is 5.69 Å². The summed E-state index contributed by atoms with van der Waals surface area (Å²) in [5, 5.41) is 15.8. The second-order valence-corrected chi connectivity index (χ2v) is 5.99. The quantitative estimate of drug-likeness (QED) is 0.904. The first kappa shape index (κ1) is 14.7. The van der Waals surface area contributed by atoms with Crippen LogP contribution >= 0.6 is 39.1 Å². The van der Waals surface area contributed by atoms with Crippen LogP contribution in [-0.2, 0) is 6.54 Å². The van der Waals surface area contributed by atoms with Gasteiger partial charge in [-0.25, -0.2) is 0 Å². The molecule has 0 aliphatic rings.